The minimum atomic E-state index is -3.53. The van der Waals surface area contributed by atoms with Crippen LogP contribution in [0.4, 0.5) is 26.3 Å². The first-order valence-corrected chi connectivity index (χ1v) is 12.6. The Bertz CT molecular complexity index is 1120. The van der Waals surface area contributed by atoms with Crippen LogP contribution in [0.15, 0.2) is 11.6 Å². The molecule has 7 rings (SSSR count). The molecule has 35 heavy (non-hydrogen) atoms. The highest BCUT2D eigenvalue weighted by Gasteiger charge is 2.94. The van der Waals surface area contributed by atoms with Gasteiger partial charge in [-0.3, -0.25) is 4.79 Å². The lowest BCUT2D eigenvalue weighted by molar-refractivity contribution is -0.187. The van der Waals surface area contributed by atoms with E-state index < -0.39 is 69.3 Å². The van der Waals surface area contributed by atoms with E-state index in [1.165, 1.54) is 13.8 Å². The number of carbonyl (C=O) groups excluding carboxylic acids is 1. The SMILES string of the molecule is CC(=O)[C@@]12O[C@]1(C)C[C@H]1[C@@H]3[C@@H]4C(F)(F)[C@]4(C)C4=C[C@@]5(OC(F)F)[C@@H](C[C@]4(C)[C@H]3CC[C@@]12C)C5(F)F. The normalized spacial score (nSPS) is 61.4. The second kappa shape index (κ2) is 5.52. The van der Waals surface area contributed by atoms with Gasteiger partial charge in [0, 0.05) is 11.3 Å². The van der Waals surface area contributed by atoms with Gasteiger partial charge in [0.1, 0.15) is 5.60 Å². The summed E-state index contributed by atoms with van der Waals surface area (Å²) in [5, 5.41) is 0. The zero-order valence-electron chi connectivity index (χ0n) is 20.4. The van der Waals surface area contributed by atoms with E-state index in [2.05, 4.69) is 4.74 Å². The molecule has 1 heterocycles. The molecule has 1 saturated heterocycles. The second-order valence-corrected chi connectivity index (χ2v) is 13.4. The van der Waals surface area contributed by atoms with Crippen LogP contribution in [0.25, 0.3) is 0 Å². The average Bonchev–Trinajstić information content (AvgIpc) is 3.57. The predicted octanol–water partition coefficient (Wildman–Crippen LogP) is 6.02. The molecule has 0 aromatic heterocycles. The molecule has 11 atom stereocenters. The highest BCUT2D eigenvalue weighted by Crippen LogP contribution is 2.88. The summed E-state index contributed by atoms with van der Waals surface area (Å²) in [5.74, 6) is -10.3. The van der Waals surface area contributed by atoms with Gasteiger partial charge in [-0.1, -0.05) is 19.4 Å². The molecule has 3 nitrogen and oxygen atoms in total. The van der Waals surface area contributed by atoms with Crippen LogP contribution in [0.3, 0.4) is 0 Å². The van der Waals surface area contributed by atoms with Gasteiger partial charge in [-0.05, 0) is 75.7 Å². The Morgan fingerprint density at radius 1 is 1.06 bits per heavy atom. The lowest BCUT2D eigenvalue weighted by Crippen LogP contribution is -2.56. The van der Waals surface area contributed by atoms with Crippen molar-refractivity contribution in [1.82, 2.24) is 0 Å². The predicted molar refractivity (Wildman–Crippen MR) is 111 cm³/mol. The Labute approximate surface area is 200 Å². The average molecular weight is 505 g/mol. The monoisotopic (exact) mass is 504 g/mol. The van der Waals surface area contributed by atoms with Crippen molar-refractivity contribution < 1.29 is 40.6 Å². The largest absolute Gasteiger partial charge is 0.354 e. The number of epoxide rings is 1. The molecule has 0 aromatic rings. The van der Waals surface area contributed by atoms with Crippen LogP contribution in [0, 0.1) is 45.8 Å². The topological polar surface area (TPSA) is 38.8 Å². The van der Waals surface area contributed by atoms with Crippen LogP contribution in [-0.2, 0) is 14.3 Å². The Kier molecular flexibility index (Phi) is 3.64. The molecule has 0 amide bonds. The molecule has 194 valence electrons. The lowest BCUT2D eigenvalue weighted by atomic mass is 9.45. The van der Waals surface area contributed by atoms with Crippen molar-refractivity contribution in [3.05, 3.63) is 11.6 Å². The lowest BCUT2D eigenvalue weighted by Gasteiger charge is -2.59. The van der Waals surface area contributed by atoms with Crippen molar-refractivity contribution >= 4 is 5.78 Å². The number of alkyl halides is 6. The van der Waals surface area contributed by atoms with Crippen LogP contribution in [0.5, 0.6) is 0 Å². The van der Waals surface area contributed by atoms with E-state index in [1.807, 2.05) is 13.8 Å². The molecular formula is C26H30F6O3. The van der Waals surface area contributed by atoms with Gasteiger partial charge in [0.05, 0.1) is 11.3 Å². The maximum absolute atomic E-state index is 15.8. The number of allylic oxidation sites excluding steroid dienone is 1. The van der Waals surface area contributed by atoms with E-state index in [0.717, 1.165) is 6.08 Å². The minimum Gasteiger partial charge on any atom is -0.354 e. The minimum absolute atomic E-state index is 0.0828. The first-order valence-electron chi connectivity index (χ1n) is 12.6. The molecule has 7 aliphatic rings. The van der Waals surface area contributed by atoms with Crippen molar-refractivity contribution in [1.29, 1.82) is 0 Å². The number of rotatable bonds is 3. The standard InChI is InChI=1S/C26H30F6O3/c1-11(33)24-20(3)7-6-12-16(13(20)8-21(24,4)35-24)17-22(5,26(17,31)32)14-10-23(34-18(27)28)15(25(23,29)30)9-19(12,14)2/h10,12-13,15-18H,6-9H2,1-5H3/t12-,13-,15+,16+,17-,19+,20-,21+,22+,23+,24-/m0/s1. The number of ether oxygens (including phenoxy) is 2. The molecule has 0 unspecified atom stereocenters. The van der Waals surface area contributed by atoms with Gasteiger partial charge >= 0.3 is 6.61 Å². The van der Waals surface area contributed by atoms with E-state index in [4.69, 9.17) is 4.74 Å². The quantitative estimate of drug-likeness (QED) is 0.268. The molecule has 0 spiro atoms. The molecule has 6 fully saturated rings. The van der Waals surface area contributed by atoms with Gasteiger partial charge in [0.25, 0.3) is 11.8 Å². The Balaban J connectivity index is 1.37. The smallest absolute Gasteiger partial charge is 0.346 e. The van der Waals surface area contributed by atoms with Gasteiger partial charge in [-0.15, -0.1) is 0 Å². The molecule has 5 saturated carbocycles. The summed E-state index contributed by atoms with van der Waals surface area (Å²) in [6.07, 6.45) is 2.39. The molecule has 0 N–H and O–H groups in total. The first kappa shape index (κ1) is 23.1. The summed E-state index contributed by atoms with van der Waals surface area (Å²) >= 11 is 0. The molecule has 0 bridgehead atoms. The van der Waals surface area contributed by atoms with Crippen molar-refractivity contribution in [3.63, 3.8) is 0 Å². The number of fused-ring (bicyclic) bond motifs is 11. The summed E-state index contributed by atoms with van der Waals surface area (Å²) in [6.45, 7) is 5.14. The number of Topliss-reactive ketones (excluding diaryl/α,β-unsaturated/α-hetero) is 1. The highest BCUT2D eigenvalue weighted by atomic mass is 19.3. The number of ketones is 1. The fraction of sp³-hybridized carbons (Fsp3) is 0.885. The maximum Gasteiger partial charge on any atom is 0.346 e. The van der Waals surface area contributed by atoms with Crippen molar-refractivity contribution in [3.8, 4) is 0 Å². The van der Waals surface area contributed by atoms with Crippen LogP contribution in [-0.4, -0.2) is 41.0 Å². The molecule has 6 aliphatic carbocycles. The second-order valence-electron chi connectivity index (χ2n) is 13.4. The molecule has 0 aromatic carbocycles. The third kappa shape index (κ3) is 1.95. The number of halogens is 6. The van der Waals surface area contributed by atoms with Crippen molar-refractivity contribution in [2.75, 3.05) is 0 Å². The summed E-state index contributed by atoms with van der Waals surface area (Å²) in [4.78, 5) is 12.8. The Hall–Kier alpha value is -1.09. The highest BCUT2D eigenvalue weighted by molar-refractivity contribution is 5.91. The van der Waals surface area contributed by atoms with E-state index in [-0.39, 0.29) is 29.6 Å². The van der Waals surface area contributed by atoms with E-state index in [1.54, 1.807) is 6.92 Å². The van der Waals surface area contributed by atoms with Gasteiger partial charge in [-0.25, -0.2) is 17.6 Å². The van der Waals surface area contributed by atoms with Gasteiger partial charge in [0.15, 0.2) is 17.0 Å². The Morgan fingerprint density at radius 2 is 1.71 bits per heavy atom. The summed E-state index contributed by atoms with van der Waals surface area (Å²) in [6, 6.07) is 0. The van der Waals surface area contributed by atoms with Crippen LogP contribution < -0.4 is 0 Å². The molecule has 9 heteroatoms. The molecule has 1 aliphatic heterocycles. The zero-order valence-corrected chi connectivity index (χ0v) is 20.4. The van der Waals surface area contributed by atoms with Gasteiger partial charge in [0.2, 0.25) is 0 Å². The third-order valence-corrected chi connectivity index (χ3v) is 12.4. The molecular weight excluding hydrogens is 474 g/mol. The number of hydrogen-bond donors (Lipinski definition) is 0. The number of carbonyl (C=O) groups is 1. The van der Waals surface area contributed by atoms with E-state index in [9.17, 15) is 22.4 Å². The van der Waals surface area contributed by atoms with Gasteiger partial charge in [-0.2, -0.15) is 8.78 Å². The van der Waals surface area contributed by atoms with Crippen LogP contribution in [0.1, 0.15) is 60.3 Å². The molecule has 0 radical (unpaired) electrons. The third-order valence-electron chi connectivity index (χ3n) is 12.4. The zero-order chi connectivity index (χ0) is 25.6. The summed E-state index contributed by atoms with van der Waals surface area (Å²) in [7, 11) is 0. The fourth-order valence-corrected chi connectivity index (χ4v) is 10.9. The van der Waals surface area contributed by atoms with E-state index in [0.29, 0.717) is 19.3 Å². The van der Waals surface area contributed by atoms with E-state index >= 15 is 8.78 Å². The summed E-state index contributed by atoms with van der Waals surface area (Å²) in [5.41, 5.74) is -7.29. The van der Waals surface area contributed by atoms with Gasteiger partial charge < -0.3 is 9.47 Å². The van der Waals surface area contributed by atoms with Crippen molar-refractivity contribution in [2.24, 2.45) is 45.8 Å². The Morgan fingerprint density at radius 3 is 2.31 bits per heavy atom. The fourth-order valence-electron chi connectivity index (χ4n) is 10.9. The van der Waals surface area contributed by atoms with Crippen LogP contribution >= 0.6 is 0 Å². The van der Waals surface area contributed by atoms with Crippen LogP contribution in [0.2, 0.25) is 0 Å². The summed E-state index contributed by atoms with van der Waals surface area (Å²) < 4.78 is 98.5. The first-order chi connectivity index (χ1) is 15.9. The van der Waals surface area contributed by atoms with Crippen molar-refractivity contribution in [2.45, 2.75) is 95.6 Å². The maximum atomic E-state index is 15.8. The number of hydrogen-bond acceptors (Lipinski definition) is 3.